The van der Waals surface area contributed by atoms with Gasteiger partial charge in [-0.25, -0.2) is 4.39 Å². The molecule has 2 amide bonds. The van der Waals surface area contributed by atoms with Gasteiger partial charge < -0.3 is 19.5 Å². The van der Waals surface area contributed by atoms with E-state index in [0.29, 0.717) is 22.6 Å². The number of fused-ring (bicyclic) bond motifs is 1. The van der Waals surface area contributed by atoms with Crippen molar-refractivity contribution in [2.24, 2.45) is 0 Å². The van der Waals surface area contributed by atoms with E-state index < -0.39 is 11.7 Å². The molecular formula is C20H17FN4O4. The van der Waals surface area contributed by atoms with Crippen molar-refractivity contribution in [3.8, 4) is 17.1 Å². The van der Waals surface area contributed by atoms with Crippen molar-refractivity contribution in [2.45, 2.75) is 6.54 Å². The van der Waals surface area contributed by atoms with Crippen LogP contribution < -0.4 is 10.1 Å². The molecule has 1 N–H and O–H groups in total. The first-order valence-corrected chi connectivity index (χ1v) is 8.94. The largest absolute Gasteiger partial charge is 0.483 e. The van der Waals surface area contributed by atoms with E-state index in [0.717, 1.165) is 0 Å². The molecule has 0 spiro atoms. The predicted octanol–water partition coefficient (Wildman–Crippen LogP) is 2.03. The number of pyridine rings is 1. The van der Waals surface area contributed by atoms with Gasteiger partial charge in [0.25, 0.3) is 11.8 Å². The molecule has 0 fully saturated rings. The topological polar surface area (TPSA) is 97.6 Å². The Bertz CT molecular complexity index is 1040. The van der Waals surface area contributed by atoms with Crippen molar-refractivity contribution in [1.29, 1.82) is 0 Å². The molecule has 4 rings (SSSR count). The Morgan fingerprint density at radius 1 is 1.28 bits per heavy atom. The fourth-order valence-corrected chi connectivity index (χ4v) is 2.96. The summed E-state index contributed by atoms with van der Waals surface area (Å²) in [6.45, 7) is 0.517. The molecule has 3 heterocycles. The number of nitrogens with one attached hydrogen (secondary N) is 1. The van der Waals surface area contributed by atoms with Gasteiger partial charge in [-0.3, -0.25) is 14.6 Å². The fourth-order valence-electron chi connectivity index (χ4n) is 2.96. The van der Waals surface area contributed by atoms with Crippen LogP contribution >= 0.6 is 0 Å². The van der Waals surface area contributed by atoms with E-state index in [1.807, 2.05) is 0 Å². The normalized spacial score (nSPS) is 13.4. The van der Waals surface area contributed by atoms with Crippen LogP contribution in [0.25, 0.3) is 11.3 Å². The molecule has 0 unspecified atom stereocenters. The molecule has 1 aliphatic heterocycles. The Balaban J connectivity index is 1.35. The molecule has 2 aromatic heterocycles. The zero-order chi connectivity index (χ0) is 20.2. The van der Waals surface area contributed by atoms with Crippen LogP contribution in [-0.2, 0) is 11.3 Å². The van der Waals surface area contributed by atoms with Crippen molar-refractivity contribution in [3.05, 3.63) is 65.9 Å². The maximum Gasteiger partial charge on any atom is 0.273 e. The van der Waals surface area contributed by atoms with Gasteiger partial charge in [-0.1, -0.05) is 5.16 Å². The average molecular weight is 396 g/mol. The van der Waals surface area contributed by atoms with E-state index in [1.165, 1.54) is 29.2 Å². The van der Waals surface area contributed by atoms with Gasteiger partial charge in [0.15, 0.2) is 18.1 Å². The third-order valence-corrected chi connectivity index (χ3v) is 4.44. The lowest BCUT2D eigenvalue weighted by Gasteiger charge is -2.20. The van der Waals surface area contributed by atoms with Gasteiger partial charge >= 0.3 is 0 Å². The van der Waals surface area contributed by atoms with E-state index in [4.69, 9.17) is 9.26 Å². The SMILES string of the molecule is O=C(NCCN1Cc2cc(F)ccc2OCC1=O)c1cc(-c2cccnc2)on1. The number of hydrogen-bond donors (Lipinski definition) is 1. The number of carbonyl (C=O) groups is 2. The first kappa shape index (κ1) is 18.6. The third-order valence-electron chi connectivity index (χ3n) is 4.44. The number of ether oxygens (including phenoxy) is 1. The summed E-state index contributed by atoms with van der Waals surface area (Å²) in [5.74, 6) is -0.144. The van der Waals surface area contributed by atoms with Crippen LogP contribution in [0.5, 0.6) is 5.75 Å². The molecule has 0 saturated heterocycles. The number of carbonyl (C=O) groups excluding carboxylic acids is 2. The van der Waals surface area contributed by atoms with E-state index in [-0.39, 0.29) is 37.8 Å². The van der Waals surface area contributed by atoms with Gasteiger partial charge in [0.05, 0.1) is 0 Å². The van der Waals surface area contributed by atoms with Crippen LogP contribution in [0, 0.1) is 5.82 Å². The van der Waals surface area contributed by atoms with Crippen LogP contribution in [0.4, 0.5) is 4.39 Å². The smallest absolute Gasteiger partial charge is 0.273 e. The molecule has 8 nitrogen and oxygen atoms in total. The highest BCUT2D eigenvalue weighted by atomic mass is 19.1. The first-order chi connectivity index (χ1) is 14.1. The molecule has 3 aromatic rings. The molecule has 9 heteroatoms. The number of halogens is 1. The van der Waals surface area contributed by atoms with Gasteiger partial charge in [0.2, 0.25) is 0 Å². The summed E-state index contributed by atoms with van der Waals surface area (Å²) in [4.78, 5) is 30.0. The Labute approximate surface area is 165 Å². The van der Waals surface area contributed by atoms with E-state index in [1.54, 1.807) is 24.5 Å². The summed E-state index contributed by atoms with van der Waals surface area (Å²) in [6.07, 6.45) is 3.24. The molecule has 0 atom stereocenters. The lowest BCUT2D eigenvalue weighted by atomic mass is 10.2. The van der Waals surface area contributed by atoms with Gasteiger partial charge in [-0.15, -0.1) is 0 Å². The second-order valence-electron chi connectivity index (χ2n) is 6.43. The Hall–Kier alpha value is -3.75. The van der Waals surface area contributed by atoms with Crippen LogP contribution in [0.1, 0.15) is 16.1 Å². The average Bonchev–Trinajstić information content (AvgIpc) is 3.17. The molecule has 0 bridgehead atoms. The summed E-state index contributed by atoms with van der Waals surface area (Å²) in [7, 11) is 0. The molecule has 1 aromatic carbocycles. The van der Waals surface area contributed by atoms with Crippen LogP contribution in [0.3, 0.4) is 0 Å². The lowest BCUT2D eigenvalue weighted by Crippen LogP contribution is -2.39. The molecule has 29 heavy (non-hydrogen) atoms. The van der Waals surface area contributed by atoms with Crippen molar-refractivity contribution in [2.75, 3.05) is 19.7 Å². The minimum atomic E-state index is -0.422. The van der Waals surface area contributed by atoms with Crippen molar-refractivity contribution < 1.29 is 23.2 Å². The van der Waals surface area contributed by atoms with Gasteiger partial charge in [0.1, 0.15) is 11.6 Å². The van der Waals surface area contributed by atoms with Crippen molar-refractivity contribution in [3.63, 3.8) is 0 Å². The summed E-state index contributed by atoms with van der Waals surface area (Å²) in [5, 5.41) is 6.47. The summed E-state index contributed by atoms with van der Waals surface area (Å²) in [5.41, 5.74) is 1.42. The molecule has 148 valence electrons. The zero-order valence-electron chi connectivity index (χ0n) is 15.3. The molecule has 0 radical (unpaired) electrons. The molecule has 0 saturated carbocycles. The zero-order valence-corrected chi connectivity index (χ0v) is 15.3. The van der Waals surface area contributed by atoms with Gasteiger partial charge in [-0.2, -0.15) is 0 Å². The van der Waals surface area contributed by atoms with Crippen LogP contribution in [0.15, 0.2) is 53.3 Å². The Kier molecular flexibility index (Phi) is 5.19. The second-order valence-corrected chi connectivity index (χ2v) is 6.43. The lowest BCUT2D eigenvalue weighted by molar-refractivity contribution is -0.133. The maximum absolute atomic E-state index is 13.5. The van der Waals surface area contributed by atoms with Crippen LogP contribution in [-0.4, -0.2) is 46.6 Å². The summed E-state index contributed by atoms with van der Waals surface area (Å²) < 4.78 is 24.1. The van der Waals surface area contributed by atoms with Crippen molar-refractivity contribution >= 4 is 11.8 Å². The Morgan fingerprint density at radius 3 is 3.00 bits per heavy atom. The van der Waals surface area contributed by atoms with Gasteiger partial charge in [0, 0.05) is 49.2 Å². The summed E-state index contributed by atoms with van der Waals surface area (Å²) >= 11 is 0. The molecular weight excluding hydrogens is 379 g/mol. The van der Waals surface area contributed by atoms with Gasteiger partial charge in [-0.05, 0) is 30.3 Å². The molecule has 0 aliphatic carbocycles. The fraction of sp³-hybridized carbons (Fsp3) is 0.200. The highest BCUT2D eigenvalue weighted by Gasteiger charge is 2.22. The number of aromatic nitrogens is 2. The van der Waals surface area contributed by atoms with Crippen molar-refractivity contribution in [1.82, 2.24) is 20.4 Å². The second kappa shape index (κ2) is 8.09. The monoisotopic (exact) mass is 396 g/mol. The predicted molar refractivity (Wildman–Crippen MR) is 99.4 cm³/mol. The minimum Gasteiger partial charge on any atom is -0.483 e. The molecule has 1 aliphatic rings. The van der Waals surface area contributed by atoms with E-state index in [9.17, 15) is 14.0 Å². The number of amides is 2. The minimum absolute atomic E-state index is 0.127. The summed E-state index contributed by atoms with van der Waals surface area (Å²) in [6, 6.07) is 9.21. The number of hydrogen-bond acceptors (Lipinski definition) is 6. The quantitative estimate of drug-likeness (QED) is 0.709. The first-order valence-electron chi connectivity index (χ1n) is 8.94. The van der Waals surface area contributed by atoms with Crippen LogP contribution in [0.2, 0.25) is 0 Å². The third kappa shape index (κ3) is 4.23. The van der Waals surface area contributed by atoms with E-state index >= 15 is 0 Å². The Morgan fingerprint density at radius 2 is 2.17 bits per heavy atom. The highest BCUT2D eigenvalue weighted by molar-refractivity contribution is 5.93. The highest BCUT2D eigenvalue weighted by Crippen LogP contribution is 2.24. The number of benzene rings is 1. The number of rotatable bonds is 5. The van der Waals surface area contributed by atoms with E-state index in [2.05, 4.69) is 15.5 Å². The maximum atomic E-state index is 13.5. The number of nitrogens with zero attached hydrogens (tertiary/aromatic N) is 3. The standard InChI is InChI=1S/C20H17FN4O4/c21-15-3-4-17-14(8-15)11-25(19(26)12-28-17)7-6-23-20(27)16-9-18(29-24-16)13-2-1-5-22-10-13/h1-5,8-10H,6-7,11-12H2,(H,23,27).